The van der Waals surface area contributed by atoms with Crippen LogP contribution in [0.3, 0.4) is 0 Å². The zero-order chi connectivity index (χ0) is 13.1. The topological polar surface area (TPSA) is 57.9 Å². The fraction of sp³-hybridized carbons (Fsp3) is 0.200. The van der Waals surface area contributed by atoms with Crippen molar-refractivity contribution >= 4 is 5.69 Å². The summed E-state index contributed by atoms with van der Waals surface area (Å²) in [6.45, 7) is 0.677. The fourth-order valence-electron chi connectivity index (χ4n) is 2.29. The molecule has 0 saturated carbocycles. The third-order valence-electron chi connectivity index (χ3n) is 3.20. The van der Waals surface area contributed by atoms with Crippen molar-refractivity contribution in [1.82, 2.24) is 4.98 Å². The van der Waals surface area contributed by atoms with Gasteiger partial charge >= 0.3 is 0 Å². The minimum Gasteiger partial charge on any atom is -0.493 e. The van der Waals surface area contributed by atoms with Gasteiger partial charge in [0.05, 0.1) is 18.3 Å². The quantitative estimate of drug-likeness (QED) is 0.891. The number of fused-ring (bicyclic) bond motifs is 1. The van der Waals surface area contributed by atoms with Crippen molar-refractivity contribution < 1.29 is 4.74 Å². The summed E-state index contributed by atoms with van der Waals surface area (Å²) in [5.41, 5.74) is 2.32. The van der Waals surface area contributed by atoms with Gasteiger partial charge in [-0.25, -0.2) is 4.98 Å². The summed E-state index contributed by atoms with van der Waals surface area (Å²) in [5.74, 6) is 0.911. The normalized spacial score (nSPS) is 16.9. The molecule has 1 aromatic heterocycles. The van der Waals surface area contributed by atoms with E-state index in [1.54, 1.807) is 6.20 Å². The summed E-state index contributed by atoms with van der Waals surface area (Å²) < 4.78 is 5.63. The first-order chi connectivity index (χ1) is 9.38. The van der Waals surface area contributed by atoms with Crippen LogP contribution in [-0.4, -0.2) is 11.6 Å². The van der Waals surface area contributed by atoms with E-state index in [2.05, 4.69) is 22.4 Å². The molecule has 0 fully saturated rings. The van der Waals surface area contributed by atoms with Gasteiger partial charge in [0.15, 0.2) is 5.69 Å². The lowest BCUT2D eigenvalue weighted by Crippen LogP contribution is -2.20. The van der Waals surface area contributed by atoms with Crippen molar-refractivity contribution in [3.63, 3.8) is 0 Å². The lowest BCUT2D eigenvalue weighted by Gasteiger charge is -2.27. The zero-order valence-corrected chi connectivity index (χ0v) is 10.3. The molecule has 1 aromatic carbocycles. The third-order valence-corrected chi connectivity index (χ3v) is 3.20. The summed E-state index contributed by atoms with van der Waals surface area (Å²) in [7, 11) is 0. The van der Waals surface area contributed by atoms with Crippen LogP contribution in [0.2, 0.25) is 0 Å². The maximum atomic E-state index is 9.07. The molecule has 19 heavy (non-hydrogen) atoms. The summed E-state index contributed by atoms with van der Waals surface area (Å²) in [6, 6.07) is 13.9. The number of ether oxygens (including phenoxy) is 1. The maximum Gasteiger partial charge on any atom is 0.163 e. The Morgan fingerprint density at radius 3 is 3.05 bits per heavy atom. The first-order valence-electron chi connectivity index (χ1n) is 6.22. The number of nitriles is 1. The second-order valence-electron chi connectivity index (χ2n) is 4.38. The number of para-hydroxylation sites is 1. The molecule has 1 N–H and O–H groups in total. The molecule has 94 valence electrons. The average molecular weight is 251 g/mol. The van der Waals surface area contributed by atoms with Gasteiger partial charge in [-0.05, 0) is 18.2 Å². The summed E-state index contributed by atoms with van der Waals surface area (Å²) >= 11 is 0. The van der Waals surface area contributed by atoms with Crippen LogP contribution in [0.25, 0.3) is 0 Å². The van der Waals surface area contributed by atoms with E-state index in [1.807, 2.05) is 30.3 Å². The van der Waals surface area contributed by atoms with Crippen molar-refractivity contribution in [3.8, 4) is 11.8 Å². The highest BCUT2D eigenvalue weighted by Gasteiger charge is 2.21. The standard InChI is InChI=1S/C15H13N3O/c16-10-14-13(5-3-8-17-14)18-12-7-9-19-15-6-2-1-4-11(12)15/h1-6,8,12,18H,7,9H2. The molecular weight excluding hydrogens is 238 g/mol. The molecule has 1 atom stereocenters. The first kappa shape index (κ1) is 11.5. The Morgan fingerprint density at radius 2 is 2.16 bits per heavy atom. The largest absolute Gasteiger partial charge is 0.493 e. The number of pyridine rings is 1. The molecular formula is C15H13N3O. The SMILES string of the molecule is N#Cc1ncccc1NC1CCOc2ccccc21. The van der Waals surface area contributed by atoms with Crippen molar-refractivity contribution in [2.75, 3.05) is 11.9 Å². The lowest BCUT2D eigenvalue weighted by molar-refractivity contribution is 0.274. The molecule has 0 radical (unpaired) electrons. The molecule has 1 unspecified atom stereocenters. The number of rotatable bonds is 2. The Labute approximate surface area is 111 Å². The van der Waals surface area contributed by atoms with Crippen LogP contribution in [0.1, 0.15) is 23.7 Å². The van der Waals surface area contributed by atoms with E-state index >= 15 is 0 Å². The number of nitrogens with one attached hydrogen (secondary N) is 1. The number of anilines is 1. The highest BCUT2D eigenvalue weighted by Crippen LogP contribution is 2.34. The van der Waals surface area contributed by atoms with Crippen molar-refractivity contribution in [3.05, 3.63) is 53.9 Å². The van der Waals surface area contributed by atoms with Gasteiger partial charge in [0.1, 0.15) is 11.8 Å². The van der Waals surface area contributed by atoms with E-state index in [1.165, 1.54) is 0 Å². The van der Waals surface area contributed by atoms with Crippen LogP contribution < -0.4 is 10.1 Å². The number of nitrogens with zero attached hydrogens (tertiary/aromatic N) is 2. The fourth-order valence-corrected chi connectivity index (χ4v) is 2.29. The van der Waals surface area contributed by atoms with Gasteiger partial charge in [-0.2, -0.15) is 5.26 Å². The maximum absolute atomic E-state index is 9.07. The van der Waals surface area contributed by atoms with Crippen LogP contribution in [-0.2, 0) is 0 Å². The molecule has 0 amide bonds. The molecule has 2 aromatic rings. The van der Waals surface area contributed by atoms with Crippen LogP contribution in [0.15, 0.2) is 42.6 Å². The van der Waals surface area contributed by atoms with E-state index in [0.717, 1.165) is 23.4 Å². The smallest absolute Gasteiger partial charge is 0.163 e. The van der Waals surface area contributed by atoms with Gasteiger partial charge in [-0.15, -0.1) is 0 Å². The molecule has 2 heterocycles. The minimum absolute atomic E-state index is 0.154. The Kier molecular flexibility index (Phi) is 3.03. The molecule has 0 aliphatic carbocycles. The van der Waals surface area contributed by atoms with Crippen LogP contribution in [0.4, 0.5) is 5.69 Å². The molecule has 0 bridgehead atoms. The third kappa shape index (κ3) is 2.23. The average Bonchev–Trinajstić information content (AvgIpc) is 2.48. The van der Waals surface area contributed by atoms with E-state index in [0.29, 0.717) is 12.3 Å². The zero-order valence-electron chi connectivity index (χ0n) is 10.3. The van der Waals surface area contributed by atoms with E-state index in [4.69, 9.17) is 10.00 Å². The summed E-state index contributed by atoms with van der Waals surface area (Å²) in [6.07, 6.45) is 2.50. The van der Waals surface area contributed by atoms with Gasteiger partial charge in [-0.3, -0.25) is 0 Å². The molecule has 1 aliphatic rings. The Bertz CT molecular complexity index is 633. The predicted molar refractivity (Wildman–Crippen MR) is 71.9 cm³/mol. The van der Waals surface area contributed by atoms with Gasteiger partial charge in [0.25, 0.3) is 0 Å². The minimum atomic E-state index is 0.154. The number of hydrogen-bond acceptors (Lipinski definition) is 4. The molecule has 1 aliphatic heterocycles. The van der Waals surface area contributed by atoms with E-state index < -0.39 is 0 Å². The van der Waals surface area contributed by atoms with Gasteiger partial charge in [0, 0.05) is 18.2 Å². The Morgan fingerprint density at radius 1 is 1.26 bits per heavy atom. The first-order valence-corrected chi connectivity index (χ1v) is 6.22. The van der Waals surface area contributed by atoms with Gasteiger partial charge in [-0.1, -0.05) is 18.2 Å². The molecule has 4 heteroatoms. The second kappa shape index (κ2) is 4.99. The molecule has 3 rings (SSSR count). The predicted octanol–water partition coefficient (Wildman–Crippen LogP) is 2.89. The Balaban J connectivity index is 1.91. The van der Waals surface area contributed by atoms with Gasteiger partial charge in [0.2, 0.25) is 0 Å². The van der Waals surface area contributed by atoms with Crippen LogP contribution >= 0.6 is 0 Å². The molecule has 4 nitrogen and oxygen atoms in total. The molecule has 0 saturated heterocycles. The van der Waals surface area contributed by atoms with E-state index in [-0.39, 0.29) is 6.04 Å². The monoisotopic (exact) mass is 251 g/mol. The van der Waals surface area contributed by atoms with Crippen molar-refractivity contribution in [2.45, 2.75) is 12.5 Å². The van der Waals surface area contributed by atoms with E-state index in [9.17, 15) is 0 Å². The summed E-state index contributed by atoms with van der Waals surface area (Å²) in [4.78, 5) is 4.06. The number of benzene rings is 1. The Hall–Kier alpha value is -2.54. The summed E-state index contributed by atoms with van der Waals surface area (Å²) in [5, 5.41) is 12.5. The number of hydrogen-bond donors (Lipinski definition) is 1. The highest BCUT2D eigenvalue weighted by atomic mass is 16.5. The second-order valence-corrected chi connectivity index (χ2v) is 4.38. The van der Waals surface area contributed by atoms with Crippen LogP contribution in [0, 0.1) is 11.3 Å². The number of aromatic nitrogens is 1. The highest BCUT2D eigenvalue weighted by molar-refractivity contribution is 5.55. The molecule has 0 spiro atoms. The lowest BCUT2D eigenvalue weighted by atomic mass is 10.0. The van der Waals surface area contributed by atoms with Crippen molar-refractivity contribution in [1.29, 1.82) is 5.26 Å². The van der Waals surface area contributed by atoms with Gasteiger partial charge < -0.3 is 10.1 Å². The van der Waals surface area contributed by atoms with Crippen molar-refractivity contribution in [2.24, 2.45) is 0 Å². The van der Waals surface area contributed by atoms with Crippen LogP contribution in [0.5, 0.6) is 5.75 Å².